The predicted molar refractivity (Wildman–Crippen MR) is 142 cm³/mol. The van der Waals surface area contributed by atoms with E-state index in [1.54, 1.807) is 30.5 Å². The maximum atomic E-state index is 14.2. The third-order valence-corrected chi connectivity index (χ3v) is 5.49. The van der Waals surface area contributed by atoms with E-state index in [4.69, 9.17) is 4.74 Å². The lowest BCUT2D eigenvalue weighted by molar-refractivity contribution is 0.122. The smallest absolute Gasteiger partial charge is 0.245 e. The second-order valence-corrected chi connectivity index (χ2v) is 8.18. The lowest BCUT2D eigenvalue weighted by atomic mass is 10.2. The highest BCUT2D eigenvalue weighted by Crippen LogP contribution is 2.24. The number of nitrogens with one attached hydrogen (secondary N) is 3. The Kier molecular flexibility index (Phi) is 7.32. The van der Waals surface area contributed by atoms with E-state index in [9.17, 15) is 9.50 Å². The van der Waals surface area contributed by atoms with Crippen LogP contribution in [-0.2, 0) is 4.74 Å². The van der Waals surface area contributed by atoms with Crippen LogP contribution < -0.4 is 21.0 Å². The van der Waals surface area contributed by atoms with Crippen molar-refractivity contribution in [1.29, 1.82) is 0 Å². The molecular weight excluding hydrogens is 475 g/mol. The quantitative estimate of drug-likeness (QED) is 0.158. The van der Waals surface area contributed by atoms with Gasteiger partial charge in [0.1, 0.15) is 5.75 Å². The van der Waals surface area contributed by atoms with Crippen molar-refractivity contribution in [2.24, 2.45) is 5.10 Å². The standard InChI is InChI=1S/C26H25FN8O2/c27-24-17-29-26(33-25(24)35-10-12-37-13-11-35)34-30-16-21-4-5-22(15-28-21)32-20-3-1-2-19(14-20)31-18-6-8-23(36)9-7-18/h1-9,14-17,31-32,36H,10-13H2,(H,29,33,34)/b30-16+. The molecule has 1 saturated heterocycles. The van der Waals surface area contributed by atoms with Gasteiger partial charge in [-0.15, -0.1) is 0 Å². The van der Waals surface area contributed by atoms with Crippen LogP contribution in [0, 0.1) is 5.82 Å². The lowest BCUT2D eigenvalue weighted by Gasteiger charge is -2.27. The maximum Gasteiger partial charge on any atom is 0.245 e. The number of pyridine rings is 1. The number of benzene rings is 2. The van der Waals surface area contributed by atoms with Gasteiger partial charge in [0, 0.05) is 30.2 Å². The highest BCUT2D eigenvalue weighted by Gasteiger charge is 2.17. The first-order chi connectivity index (χ1) is 18.1. The molecule has 0 aliphatic carbocycles. The zero-order valence-corrected chi connectivity index (χ0v) is 19.8. The molecule has 0 radical (unpaired) electrons. The zero-order chi connectivity index (χ0) is 25.5. The highest BCUT2D eigenvalue weighted by atomic mass is 19.1. The Morgan fingerprint density at radius 3 is 2.35 bits per heavy atom. The summed E-state index contributed by atoms with van der Waals surface area (Å²) < 4.78 is 19.5. The Hall–Kier alpha value is -4.77. The third kappa shape index (κ3) is 6.47. The van der Waals surface area contributed by atoms with E-state index < -0.39 is 5.82 Å². The fourth-order valence-corrected chi connectivity index (χ4v) is 3.67. The monoisotopic (exact) mass is 500 g/mol. The molecule has 5 rings (SSSR count). The Labute approximate surface area is 212 Å². The number of hydrogen-bond donors (Lipinski definition) is 4. The molecule has 4 N–H and O–H groups in total. The van der Waals surface area contributed by atoms with Crippen molar-refractivity contribution in [3.63, 3.8) is 0 Å². The summed E-state index contributed by atoms with van der Waals surface area (Å²) in [4.78, 5) is 14.4. The predicted octanol–water partition coefficient (Wildman–Crippen LogP) is 4.49. The Bertz CT molecular complexity index is 1360. The summed E-state index contributed by atoms with van der Waals surface area (Å²) in [6.07, 6.45) is 4.36. The molecule has 0 amide bonds. The van der Waals surface area contributed by atoms with Gasteiger partial charge in [0.2, 0.25) is 5.95 Å². The normalized spacial score (nSPS) is 13.5. The molecule has 2 aromatic heterocycles. The van der Waals surface area contributed by atoms with E-state index in [2.05, 4.69) is 36.1 Å². The summed E-state index contributed by atoms with van der Waals surface area (Å²) in [5, 5.41) is 20.2. The van der Waals surface area contributed by atoms with Crippen LogP contribution in [0.2, 0.25) is 0 Å². The number of hydrogen-bond acceptors (Lipinski definition) is 10. The number of phenolic OH excluding ortho intramolecular Hbond substituents is 1. The van der Waals surface area contributed by atoms with E-state index in [1.165, 1.54) is 6.21 Å². The molecule has 4 aromatic rings. The number of hydrazone groups is 1. The highest BCUT2D eigenvalue weighted by molar-refractivity contribution is 5.78. The number of aromatic hydroxyl groups is 1. The third-order valence-electron chi connectivity index (χ3n) is 5.49. The van der Waals surface area contributed by atoms with Crippen LogP contribution in [0.1, 0.15) is 5.69 Å². The molecule has 10 nitrogen and oxygen atoms in total. The summed E-state index contributed by atoms with van der Waals surface area (Å²) in [6, 6.07) is 18.4. The van der Waals surface area contributed by atoms with Crippen LogP contribution in [0.4, 0.5) is 38.9 Å². The fraction of sp³-hybridized carbons (Fsp3) is 0.154. The van der Waals surface area contributed by atoms with Crippen LogP contribution in [0.3, 0.4) is 0 Å². The molecule has 1 aliphatic heterocycles. The molecule has 0 unspecified atom stereocenters. The molecule has 188 valence electrons. The number of anilines is 6. The number of phenols is 1. The van der Waals surface area contributed by atoms with Crippen molar-refractivity contribution in [1.82, 2.24) is 15.0 Å². The van der Waals surface area contributed by atoms with E-state index in [-0.39, 0.29) is 17.5 Å². The number of ether oxygens (including phenoxy) is 1. The molecule has 0 saturated carbocycles. The molecular formula is C26H25FN8O2. The maximum absolute atomic E-state index is 14.2. The molecule has 0 atom stereocenters. The number of halogens is 1. The molecule has 1 aliphatic rings. The van der Waals surface area contributed by atoms with E-state index in [0.29, 0.717) is 32.0 Å². The second-order valence-electron chi connectivity index (χ2n) is 8.18. The van der Waals surface area contributed by atoms with Crippen molar-refractivity contribution >= 4 is 40.7 Å². The summed E-state index contributed by atoms with van der Waals surface area (Å²) in [7, 11) is 0. The van der Waals surface area contributed by atoms with Crippen LogP contribution in [0.15, 0.2) is 78.2 Å². The topological polar surface area (TPSA) is 120 Å². The van der Waals surface area contributed by atoms with Gasteiger partial charge in [-0.2, -0.15) is 10.1 Å². The first-order valence-electron chi connectivity index (χ1n) is 11.7. The van der Waals surface area contributed by atoms with Gasteiger partial charge < -0.3 is 25.4 Å². The minimum atomic E-state index is -0.483. The van der Waals surface area contributed by atoms with Gasteiger partial charge in [-0.05, 0) is 54.6 Å². The number of rotatable bonds is 8. The SMILES string of the molecule is Oc1ccc(Nc2cccc(Nc3ccc(/C=N/Nc4ncc(F)c(N5CCOCC5)n4)nc3)c2)cc1. The number of nitrogens with zero attached hydrogens (tertiary/aromatic N) is 5. The van der Waals surface area contributed by atoms with Crippen molar-refractivity contribution in [3.05, 3.63) is 84.6 Å². The average molecular weight is 501 g/mol. The van der Waals surface area contributed by atoms with Crippen molar-refractivity contribution in [2.45, 2.75) is 0 Å². The van der Waals surface area contributed by atoms with E-state index >= 15 is 0 Å². The molecule has 3 heterocycles. The average Bonchev–Trinajstić information content (AvgIpc) is 2.93. The van der Waals surface area contributed by atoms with Gasteiger partial charge in [0.15, 0.2) is 11.6 Å². The lowest BCUT2D eigenvalue weighted by Crippen LogP contribution is -2.37. The second kappa shape index (κ2) is 11.3. The van der Waals surface area contributed by atoms with Crippen molar-refractivity contribution in [3.8, 4) is 5.75 Å². The minimum absolute atomic E-state index is 0.193. The Morgan fingerprint density at radius 2 is 1.62 bits per heavy atom. The van der Waals surface area contributed by atoms with E-state index in [0.717, 1.165) is 28.9 Å². The minimum Gasteiger partial charge on any atom is -0.508 e. The van der Waals surface area contributed by atoms with Gasteiger partial charge in [0.25, 0.3) is 0 Å². The molecule has 0 bridgehead atoms. The van der Waals surface area contributed by atoms with Crippen molar-refractivity contribution < 1.29 is 14.2 Å². The van der Waals surface area contributed by atoms with Crippen LogP contribution in [0.25, 0.3) is 0 Å². The van der Waals surface area contributed by atoms with Crippen LogP contribution in [-0.4, -0.2) is 52.6 Å². The van der Waals surface area contributed by atoms with Crippen LogP contribution >= 0.6 is 0 Å². The fourth-order valence-electron chi connectivity index (χ4n) is 3.67. The zero-order valence-electron chi connectivity index (χ0n) is 19.8. The summed E-state index contributed by atoms with van der Waals surface area (Å²) >= 11 is 0. The molecule has 37 heavy (non-hydrogen) atoms. The van der Waals surface area contributed by atoms with Gasteiger partial charge in [-0.1, -0.05) is 6.07 Å². The van der Waals surface area contributed by atoms with Gasteiger partial charge in [0.05, 0.1) is 43.2 Å². The van der Waals surface area contributed by atoms with E-state index in [1.807, 2.05) is 41.3 Å². The number of morpholine rings is 1. The first kappa shape index (κ1) is 23.9. The summed E-state index contributed by atoms with van der Waals surface area (Å²) in [5.74, 6) is 0.160. The molecule has 1 fully saturated rings. The Balaban J connectivity index is 1.18. The van der Waals surface area contributed by atoms with Gasteiger partial charge >= 0.3 is 0 Å². The first-order valence-corrected chi connectivity index (χ1v) is 11.7. The van der Waals surface area contributed by atoms with Crippen molar-refractivity contribution in [2.75, 3.05) is 47.3 Å². The van der Waals surface area contributed by atoms with Crippen LogP contribution in [0.5, 0.6) is 5.75 Å². The number of aromatic nitrogens is 3. The molecule has 0 spiro atoms. The van der Waals surface area contributed by atoms with Gasteiger partial charge in [-0.3, -0.25) is 4.98 Å². The summed E-state index contributed by atoms with van der Waals surface area (Å²) in [6.45, 7) is 2.20. The largest absolute Gasteiger partial charge is 0.508 e. The van der Waals surface area contributed by atoms with Gasteiger partial charge in [-0.25, -0.2) is 14.8 Å². The molecule has 2 aromatic carbocycles. The summed E-state index contributed by atoms with van der Waals surface area (Å²) in [5.41, 5.74) is 6.82. The Morgan fingerprint density at radius 1 is 0.892 bits per heavy atom. The molecule has 11 heteroatoms.